The third-order valence-corrected chi connectivity index (χ3v) is 5.43. The number of fused-ring (bicyclic) bond motifs is 2. The van der Waals surface area contributed by atoms with Gasteiger partial charge in [0.1, 0.15) is 16.8 Å². The highest BCUT2D eigenvalue weighted by atomic mass is 32.1. The SMILES string of the molecule is COc1cccc(C2c3c(oc4ccccc4c3=O)C(=O)N2c2nncs2)c1. The Morgan fingerprint density at radius 1 is 1.14 bits per heavy atom. The van der Waals surface area contributed by atoms with Crippen LogP contribution in [0.5, 0.6) is 5.75 Å². The summed E-state index contributed by atoms with van der Waals surface area (Å²) < 4.78 is 11.2. The molecule has 0 fully saturated rings. The molecular weight excluding hydrogens is 378 g/mol. The summed E-state index contributed by atoms with van der Waals surface area (Å²) in [5, 5.41) is 8.72. The van der Waals surface area contributed by atoms with Crippen LogP contribution in [-0.2, 0) is 0 Å². The van der Waals surface area contributed by atoms with Crippen LogP contribution in [0.3, 0.4) is 0 Å². The van der Waals surface area contributed by atoms with Crippen molar-refractivity contribution in [2.24, 2.45) is 0 Å². The van der Waals surface area contributed by atoms with Gasteiger partial charge in [-0.3, -0.25) is 14.5 Å². The zero-order valence-corrected chi connectivity index (χ0v) is 15.5. The normalized spacial score (nSPS) is 15.8. The topological polar surface area (TPSA) is 85.5 Å². The summed E-state index contributed by atoms with van der Waals surface area (Å²) >= 11 is 1.22. The zero-order chi connectivity index (χ0) is 19.3. The number of anilines is 1. The number of nitrogens with zero attached hydrogens (tertiary/aromatic N) is 3. The molecule has 2 aromatic heterocycles. The van der Waals surface area contributed by atoms with Crippen molar-refractivity contribution in [3.05, 3.63) is 81.2 Å². The van der Waals surface area contributed by atoms with Crippen molar-refractivity contribution in [2.75, 3.05) is 12.0 Å². The molecule has 1 atom stereocenters. The highest BCUT2D eigenvalue weighted by Crippen LogP contribution is 2.42. The van der Waals surface area contributed by atoms with E-state index in [0.717, 1.165) is 5.56 Å². The molecule has 2 aromatic carbocycles. The molecule has 0 radical (unpaired) electrons. The third kappa shape index (κ3) is 2.35. The molecule has 1 unspecified atom stereocenters. The van der Waals surface area contributed by atoms with E-state index in [-0.39, 0.29) is 11.2 Å². The second-order valence-corrected chi connectivity index (χ2v) is 7.06. The molecule has 28 heavy (non-hydrogen) atoms. The molecule has 1 aliphatic heterocycles. The van der Waals surface area contributed by atoms with E-state index in [1.165, 1.54) is 16.2 Å². The van der Waals surface area contributed by atoms with Gasteiger partial charge in [-0.05, 0) is 29.8 Å². The number of benzene rings is 2. The molecule has 0 saturated carbocycles. The van der Waals surface area contributed by atoms with Crippen molar-refractivity contribution in [3.8, 4) is 5.75 Å². The summed E-state index contributed by atoms with van der Waals surface area (Å²) in [6.07, 6.45) is 0. The molecule has 3 heterocycles. The van der Waals surface area contributed by atoms with Crippen LogP contribution < -0.4 is 15.1 Å². The van der Waals surface area contributed by atoms with Gasteiger partial charge in [-0.1, -0.05) is 35.6 Å². The molecule has 0 bridgehead atoms. The molecular formula is C20H13N3O4S. The summed E-state index contributed by atoms with van der Waals surface area (Å²) in [5.74, 6) is 0.245. The maximum absolute atomic E-state index is 13.3. The van der Waals surface area contributed by atoms with E-state index in [0.29, 0.717) is 27.4 Å². The fraction of sp³-hybridized carbons (Fsp3) is 0.100. The molecule has 5 rings (SSSR count). The van der Waals surface area contributed by atoms with Crippen LogP contribution in [-0.4, -0.2) is 23.2 Å². The van der Waals surface area contributed by atoms with Crippen LogP contribution in [0.4, 0.5) is 5.13 Å². The van der Waals surface area contributed by atoms with Gasteiger partial charge in [-0.25, -0.2) is 0 Å². The third-order valence-electron chi connectivity index (χ3n) is 4.74. The Hall–Kier alpha value is -3.52. The number of para-hydroxylation sites is 1. The molecule has 1 amide bonds. The lowest BCUT2D eigenvalue weighted by atomic mass is 9.98. The van der Waals surface area contributed by atoms with Gasteiger partial charge in [0.2, 0.25) is 10.9 Å². The van der Waals surface area contributed by atoms with Crippen LogP contribution in [0, 0.1) is 0 Å². The lowest BCUT2D eigenvalue weighted by molar-refractivity contribution is 0.0970. The molecule has 1 aliphatic rings. The Balaban J connectivity index is 1.83. The van der Waals surface area contributed by atoms with E-state index in [2.05, 4.69) is 10.2 Å². The minimum Gasteiger partial charge on any atom is -0.497 e. The summed E-state index contributed by atoms with van der Waals surface area (Å²) in [4.78, 5) is 28.0. The minimum atomic E-state index is -0.675. The Kier molecular flexibility index (Phi) is 3.73. The number of amides is 1. The van der Waals surface area contributed by atoms with Crippen LogP contribution in [0.15, 0.2) is 63.3 Å². The molecule has 0 aliphatic carbocycles. The van der Waals surface area contributed by atoms with Crippen LogP contribution >= 0.6 is 11.3 Å². The quantitative estimate of drug-likeness (QED) is 0.532. The first kappa shape index (κ1) is 16.6. The van der Waals surface area contributed by atoms with Crippen molar-refractivity contribution < 1.29 is 13.9 Å². The van der Waals surface area contributed by atoms with Gasteiger partial charge >= 0.3 is 0 Å². The second kappa shape index (κ2) is 6.28. The Morgan fingerprint density at radius 3 is 2.79 bits per heavy atom. The van der Waals surface area contributed by atoms with E-state index < -0.39 is 11.9 Å². The minimum absolute atomic E-state index is 0.0340. The first-order chi connectivity index (χ1) is 13.7. The van der Waals surface area contributed by atoms with Crippen molar-refractivity contribution in [1.29, 1.82) is 0 Å². The number of carbonyl (C=O) groups is 1. The maximum atomic E-state index is 13.3. The first-order valence-corrected chi connectivity index (χ1v) is 9.36. The second-order valence-electron chi connectivity index (χ2n) is 6.25. The summed E-state index contributed by atoms with van der Waals surface area (Å²) in [6, 6.07) is 13.5. The van der Waals surface area contributed by atoms with E-state index in [1.54, 1.807) is 49.0 Å². The smallest absolute Gasteiger partial charge is 0.297 e. The maximum Gasteiger partial charge on any atom is 0.297 e. The molecule has 138 valence electrons. The predicted octanol–water partition coefficient (Wildman–Crippen LogP) is 3.40. The number of aromatic nitrogens is 2. The van der Waals surface area contributed by atoms with E-state index in [1.807, 2.05) is 12.1 Å². The van der Waals surface area contributed by atoms with E-state index >= 15 is 0 Å². The van der Waals surface area contributed by atoms with Crippen LogP contribution in [0.25, 0.3) is 11.0 Å². The monoisotopic (exact) mass is 391 g/mol. The van der Waals surface area contributed by atoms with Crippen LogP contribution in [0.2, 0.25) is 0 Å². The van der Waals surface area contributed by atoms with E-state index in [4.69, 9.17) is 9.15 Å². The standard InChI is InChI=1S/C20H13N3O4S/c1-26-12-6-4-5-11(9-12)16-15-17(24)13-7-2-3-8-14(13)27-18(15)19(25)23(16)20-22-21-10-28-20/h2-10,16H,1H3. The van der Waals surface area contributed by atoms with Gasteiger partial charge in [0, 0.05) is 0 Å². The molecule has 0 saturated heterocycles. The van der Waals surface area contributed by atoms with Crippen molar-refractivity contribution >= 4 is 33.3 Å². The first-order valence-electron chi connectivity index (χ1n) is 8.48. The number of rotatable bonds is 3. The molecule has 0 N–H and O–H groups in total. The van der Waals surface area contributed by atoms with Gasteiger partial charge in [-0.2, -0.15) is 0 Å². The Bertz CT molecular complexity index is 1270. The molecule has 7 nitrogen and oxygen atoms in total. The van der Waals surface area contributed by atoms with Crippen LogP contribution in [0.1, 0.15) is 27.7 Å². The van der Waals surface area contributed by atoms with E-state index in [9.17, 15) is 9.59 Å². The average molecular weight is 391 g/mol. The average Bonchev–Trinajstić information content (AvgIpc) is 3.35. The van der Waals surface area contributed by atoms with Gasteiger partial charge in [0.25, 0.3) is 5.91 Å². The number of ether oxygens (including phenoxy) is 1. The van der Waals surface area contributed by atoms with Gasteiger partial charge in [0.15, 0.2) is 5.43 Å². The van der Waals surface area contributed by atoms with Gasteiger partial charge < -0.3 is 9.15 Å². The predicted molar refractivity (Wildman–Crippen MR) is 104 cm³/mol. The zero-order valence-electron chi connectivity index (χ0n) is 14.7. The molecule has 4 aromatic rings. The lowest BCUT2D eigenvalue weighted by Gasteiger charge is -2.22. The highest BCUT2D eigenvalue weighted by Gasteiger charge is 2.45. The summed E-state index contributed by atoms with van der Waals surface area (Å²) in [5.41, 5.74) is 2.71. The Morgan fingerprint density at radius 2 is 2.00 bits per heavy atom. The van der Waals surface area contributed by atoms with Crippen molar-refractivity contribution in [1.82, 2.24) is 10.2 Å². The molecule has 0 spiro atoms. The van der Waals surface area contributed by atoms with Crippen molar-refractivity contribution in [3.63, 3.8) is 0 Å². The molecule has 8 heteroatoms. The van der Waals surface area contributed by atoms with Gasteiger partial charge in [0.05, 0.1) is 24.1 Å². The highest BCUT2D eigenvalue weighted by molar-refractivity contribution is 7.13. The largest absolute Gasteiger partial charge is 0.497 e. The number of carbonyl (C=O) groups excluding carboxylic acids is 1. The summed E-state index contributed by atoms with van der Waals surface area (Å²) in [7, 11) is 1.57. The van der Waals surface area contributed by atoms with Crippen molar-refractivity contribution in [2.45, 2.75) is 6.04 Å². The lowest BCUT2D eigenvalue weighted by Crippen LogP contribution is -2.29. The number of methoxy groups -OCH3 is 1. The fourth-order valence-electron chi connectivity index (χ4n) is 3.52. The Labute approximate surface area is 162 Å². The summed E-state index contributed by atoms with van der Waals surface area (Å²) in [6.45, 7) is 0. The van der Waals surface area contributed by atoms with Gasteiger partial charge in [-0.15, -0.1) is 10.2 Å². The number of hydrogen-bond donors (Lipinski definition) is 0. The number of hydrogen-bond acceptors (Lipinski definition) is 7. The fourth-order valence-corrected chi connectivity index (χ4v) is 4.10.